The van der Waals surface area contributed by atoms with Gasteiger partial charge in [0, 0.05) is 0 Å². The molecule has 0 saturated heterocycles. The van der Waals surface area contributed by atoms with Crippen LogP contribution < -0.4 is 13.7 Å². The van der Waals surface area contributed by atoms with Gasteiger partial charge in [-0.05, 0) is 12.1 Å². The van der Waals surface area contributed by atoms with Gasteiger partial charge in [0.2, 0.25) is 12.5 Å². The SMILES string of the molecule is O=S(=O)(Oc1cccc2c1OCO2)C(F)(F)F. The molecule has 1 aromatic rings. The van der Waals surface area contributed by atoms with Crippen LogP contribution in [0.1, 0.15) is 0 Å². The first-order valence-electron chi connectivity index (χ1n) is 4.20. The quantitative estimate of drug-likeness (QED) is 0.604. The number of benzene rings is 1. The highest BCUT2D eigenvalue weighted by atomic mass is 32.2. The third-order valence-electron chi connectivity index (χ3n) is 1.84. The van der Waals surface area contributed by atoms with Crippen LogP contribution in [0.2, 0.25) is 0 Å². The fourth-order valence-corrected chi connectivity index (χ4v) is 1.60. The molecule has 5 nitrogen and oxygen atoms in total. The van der Waals surface area contributed by atoms with Gasteiger partial charge in [0.1, 0.15) is 0 Å². The molecular weight excluding hydrogens is 265 g/mol. The molecular formula is C8H5F3O5S. The van der Waals surface area contributed by atoms with Gasteiger partial charge in [-0.25, -0.2) is 0 Å². The van der Waals surface area contributed by atoms with Crippen molar-refractivity contribution in [3.63, 3.8) is 0 Å². The topological polar surface area (TPSA) is 61.8 Å². The number of ether oxygens (including phenoxy) is 2. The van der Waals surface area contributed by atoms with Crippen molar-refractivity contribution in [3.05, 3.63) is 18.2 Å². The molecule has 0 saturated carbocycles. The maximum Gasteiger partial charge on any atom is 0.534 e. The Bertz CT molecular complexity index is 537. The Morgan fingerprint density at radius 1 is 1.24 bits per heavy atom. The van der Waals surface area contributed by atoms with E-state index in [-0.39, 0.29) is 18.3 Å². The molecule has 0 radical (unpaired) electrons. The maximum absolute atomic E-state index is 12.1. The third kappa shape index (κ3) is 2.09. The second-order valence-corrected chi connectivity index (χ2v) is 4.51. The summed E-state index contributed by atoms with van der Waals surface area (Å²) < 4.78 is 71.4. The summed E-state index contributed by atoms with van der Waals surface area (Å²) in [5, 5.41) is 0. The summed E-state index contributed by atoms with van der Waals surface area (Å²) in [6, 6.07) is 3.74. The molecule has 94 valence electrons. The van der Waals surface area contributed by atoms with E-state index in [9.17, 15) is 21.6 Å². The van der Waals surface area contributed by atoms with Gasteiger partial charge >= 0.3 is 15.6 Å². The van der Waals surface area contributed by atoms with Crippen molar-refractivity contribution in [1.82, 2.24) is 0 Å². The molecule has 1 aromatic carbocycles. The Labute approximate surface area is 93.8 Å². The lowest BCUT2D eigenvalue weighted by Crippen LogP contribution is -2.28. The number of hydrogen-bond donors (Lipinski definition) is 0. The first-order valence-corrected chi connectivity index (χ1v) is 5.61. The zero-order valence-electron chi connectivity index (χ0n) is 8.02. The third-order valence-corrected chi connectivity index (χ3v) is 2.81. The van der Waals surface area contributed by atoms with Gasteiger partial charge in [-0.15, -0.1) is 0 Å². The predicted molar refractivity (Wildman–Crippen MR) is 48.2 cm³/mol. The summed E-state index contributed by atoms with van der Waals surface area (Å²) in [7, 11) is -5.71. The van der Waals surface area contributed by atoms with Crippen molar-refractivity contribution in [2.75, 3.05) is 6.79 Å². The van der Waals surface area contributed by atoms with Crippen molar-refractivity contribution < 1.29 is 35.2 Å². The van der Waals surface area contributed by atoms with Gasteiger partial charge < -0.3 is 13.7 Å². The zero-order valence-corrected chi connectivity index (χ0v) is 8.84. The second kappa shape index (κ2) is 3.69. The fourth-order valence-electron chi connectivity index (χ4n) is 1.13. The summed E-state index contributed by atoms with van der Waals surface area (Å²) in [5.41, 5.74) is -5.49. The van der Waals surface area contributed by atoms with E-state index in [2.05, 4.69) is 4.18 Å². The molecule has 0 bridgehead atoms. The maximum atomic E-state index is 12.1. The molecule has 17 heavy (non-hydrogen) atoms. The molecule has 2 rings (SSSR count). The molecule has 1 heterocycles. The van der Waals surface area contributed by atoms with E-state index in [1.165, 1.54) is 12.1 Å². The van der Waals surface area contributed by atoms with Crippen LogP contribution in [0.5, 0.6) is 17.2 Å². The van der Waals surface area contributed by atoms with E-state index >= 15 is 0 Å². The van der Waals surface area contributed by atoms with Crippen LogP contribution in [-0.2, 0) is 10.1 Å². The molecule has 1 aliphatic heterocycles. The van der Waals surface area contributed by atoms with Gasteiger partial charge in [-0.1, -0.05) is 6.07 Å². The summed E-state index contributed by atoms with van der Waals surface area (Å²) in [5.74, 6) is -0.600. The molecule has 0 aromatic heterocycles. The molecule has 0 aliphatic carbocycles. The van der Waals surface area contributed by atoms with Gasteiger partial charge in [0.05, 0.1) is 0 Å². The van der Waals surface area contributed by atoms with E-state index in [1.807, 2.05) is 0 Å². The molecule has 9 heteroatoms. The predicted octanol–water partition coefficient (Wildman–Crippen LogP) is 1.64. The van der Waals surface area contributed by atoms with E-state index in [1.54, 1.807) is 0 Å². The number of alkyl halides is 3. The Morgan fingerprint density at radius 2 is 1.94 bits per heavy atom. The molecule has 0 N–H and O–H groups in total. The molecule has 0 atom stereocenters. The smallest absolute Gasteiger partial charge is 0.453 e. The average Bonchev–Trinajstić information content (AvgIpc) is 2.64. The van der Waals surface area contributed by atoms with Crippen molar-refractivity contribution >= 4 is 10.1 Å². The van der Waals surface area contributed by atoms with Crippen molar-refractivity contribution in [3.8, 4) is 17.2 Å². The average molecular weight is 270 g/mol. The minimum atomic E-state index is -5.71. The Balaban J connectivity index is 2.36. The molecule has 0 amide bonds. The van der Waals surface area contributed by atoms with Crippen LogP contribution in [0, 0.1) is 0 Å². The Kier molecular flexibility index (Phi) is 2.57. The first-order chi connectivity index (χ1) is 7.81. The Hall–Kier alpha value is -1.64. The number of halogens is 3. The largest absolute Gasteiger partial charge is 0.534 e. The van der Waals surface area contributed by atoms with Crippen LogP contribution >= 0.6 is 0 Å². The number of para-hydroxylation sites is 1. The highest BCUT2D eigenvalue weighted by molar-refractivity contribution is 7.88. The number of rotatable bonds is 2. The molecule has 0 unspecified atom stereocenters. The first kappa shape index (κ1) is 11.8. The van der Waals surface area contributed by atoms with E-state index in [4.69, 9.17) is 9.47 Å². The van der Waals surface area contributed by atoms with E-state index in [0.717, 1.165) is 6.07 Å². The van der Waals surface area contributed by atoms with Crippen LogP contribution in [0.15, 0.2) is 18.2 Å². The summed E-state index contributed by atoms with van der Waals surface area (Å²) >= 11 is 0. The summed E-state index contributed by atoms with van der Waals surface area (Å²) in [6.07, 6.45) is 0. The lowest BCUT2D eigenvalue weighted by atomic mass is 10.3. The highest BCUT2D eigenvalue weighted by Gasteiger charge is 2.49. The van der Waals surface area contributed by atoms with Gasteiger partial charge in [-0.2, -0.15) is 21.6 Å². The van der Waals surface area contributed by atoms with Crippen LogP contribution in [0.25, 0.3) is 0 Å². The minimum Gasteiger partial charge on any atom is -0.453 e. The summed E-state index contributed by atoms with van der Waals surface area (Å²) in [6.45, 7) is -0.207. The van der Waals surface area contributed by atoms with E-state index < -0.39 is 21.4 Å². The summed E-state index contributed by atoms with van der Waals surface area (Å²) in [4.78, 5) is 0. The normalized spacial score (nSPS) is 14.8. The molecule has 1 aliphatic rings. The van der Waals surface area contributed by atoms with Gasteiger partial charge in [0.25, 0.3) is 0 Å². The van der Waals surface area contributed by atoms with E-state index in [0.29, 0.717) is 0 Å². The van der Waals surface area contributed by atoms with Gasteiger partial charge in [-0.3, -0.25) is 0 Å². The van der Waals surface area contributed by atoms with Crippen molar-refractivity contribution in [2.24, 2.45) is 0 Å². The fraction of sp³-hybridized carbons (Fsp3) is 0.250. The minimum absolute atomic E-state index is 0.125. The van der Waals surface area contributed by atoms with Crippen LogP contribution in [0.3, 0.4) is 0 Å². The van der Waals surface area contributed by atoms with Crippen LogP contribution in [0.4, 0.5) is 13.2 Å². The lowest BCUT2D eigenvalue weighted by Gasteiger charge is -2.10. The second-order valence-electron chi connectivity index (χ2n) is 2.97. The van der Waals surface area contributed by atoms with Crippen LogP contribution in [-0.4, -0.2) is 20.7 Å². The van der Waals surface area contributed by atoms with Crippen molar-refractivity contribution in [2.45, 2.75) is 5.51 Å². The standard InChI is InChI=1S/C8H5F3O5S/c9-8(10,11)17(12,13)16-6-3-1-2-5-7(6)15-4-14-5/h1-3H,4H2. The highest BCUT2D eigenvalue weighted by Crippen LogP contribution is 2.42. The monoisotopic (exact) mass is 270 g/mol. The van der Waals surface area contributed by atoms with Crippen molar-refractivity contribution in [1.29, 1.82) is 0 Å². The molecule has 0 fully saturated rings. The molecule has 0 spiro atoms. The zero-order chi connectivity index (χ0) is 12.7. The Morgan fingerprint density at radius 3 is 2.59 bits per heavy atom. The lowest BCUT2D eigenvalue weighted by molar-refractivity contribution is -0.0500. The van der Waals surface area contributed by atoms with Gasteiger partial charge in [0.15, 0.2) is 11.5 Å². The number of hydrogen-bond acceptors (Lipinski definition) is 5. The number of fused-ring (bicyclic) bond motifs is 1.